The molecular weight excluding hydrogens is 234 g/mol. The van der Waals surface area contributed by atoms with Crippen LogP contribution in [0.1, 0.15) is 6.92 Å². The highest BCUT2D eigenvalue weighted by Crippen LogP contribution is 2.23. The minimum absolute atomic E-state index is 0.0903. The third kappa shape index (κ3) is 1.59. The molecule has 0 aliphatic carbocycles. The Morgan fingerprint density at radius 3 is 3.00 bits per heavy atom. The zero-order valence-corrected chi connectivity index (χ0v) is 10.1. The predicted molar refractivity (Wildman–Crippen MR) is 68.4 cm³/mol. The summed E-state index contributed by atoms with van der Waals surface area (Å²) in [6.07, 6.45) is 1.80. The quantitative estimate of drug-likeness (QED) is 0.694. The highest BCUT2D eigenvalue weighted by atomic mass is 32.1. The van der Waals surface area contributed by atoms with Crippen molar-refractivity contribution in [1.29, 1.82) is 0 Å². The van der Waals surface area contributed by atoms with Crippen LogP contribution in [0.25, 0.3) is 16.2 Å². The molecule has 0 fully saturated rings. The van der Waals surface area contributed by atoms with Gasteiger partial charge < -0.3 is 4.57 Å². The van der Waals surface area contributed by atoms with E-state index in [2.05, 4.69) is 5.10 Å². The summed E-state index contributed by atoms with van der Waals surface area (Å²) < 4.78 is 3.46. The van der Waals surface area contributed by atoms with E-state index in [4.69, 9.17) is 0 Å². The van der Waals surface area contributed by atoms with Crippen molar-refractivity contribution in [3.63, 3.8) is 0 Å². The molecule has 0 aromatic carbocycles. The van der Waals surface area contributed by atoms with Crippen molar-refractivity contribution in [3.8, 4) is 10.6 Å². The predicted octanol–water partition coefficient (Wildman–Crippen LogP) is 2.24. The second-order valence-corrected chi connectivity index (χ2v) is 4.66. The van der Waals surface area contributed by atoms with Gasteiger partial charge in [0.1, 0.15) is 11.3 Å². The smallest absolute Gasteiger partial charge is 0.274 e. The SMILES string of the molecule is CCn1ccc(=O)n2nc(-c3cccs3)cc12. The van der Waals surface area contributed by atoms with Crippen LogP contribution >= 0.6 is 11.3 Å². The first-order valence-corrected chi connectivity index (χ1v) is 6.30. The molecule has 3 aromatic heterocycles. The Bertz CT molecular complexity index is 709. The molecule has 0 saturated heterocycles. The van der Waals surface area contributed by atoms with Crippen molar-refractivity contribution >= 4 is 17.0 Å². The van der Waals surface area contributed by atoms with Crippen LogP contribution in [0.15, 0.2) is 40.6 Å². The normalized spacial score (nSPS) is 11.1. The molecule has 4 nitrogen and oxygen atoms in total. The molecule has 0 bridgehead atoms. The van der Waals surface area contributed by atoms with Crippen LogP contribution in [0.3, 0.4) is 0 Å². The zero-order chi connectivity index (χ0) is 11.8. The van der Waals surface area contributed by atoms with Gasteiger partial charge in [0.15, 0.2) is 0 Å². The second-order valence-electron chi connectivity index (χ2n) is 3.72. The largest absolute Gasteiger partial charge is 0.333 e. The third-order valence-electron chi connectivity index (χ3n) is 2.70. The van der Waals surface area contributed by atoms with E-state index >= 15 is 0 Å². The lowest BCUT2D eigenvalue weighted by Gasteiger charge is -2.02. The highest BCUT2D eigenvalue weighted by Gasteiger charge is 2.08. The number of rotatable bonds is 2. The Hall–Kier alpha value is -1.88. The first kappa shape index (κ1) is 10.3. The summed E-state index contributed by atoms with van der Waals surface area (Å²) in [6.45, 7) is 2.86. The summed E-state index contributed by atoms with van der Waals surface area (Å²) in [5.41, 5.74) is 1.60. The van der Waals surface area contributed by atoms with E-state index in [0.29, 0.717) is 0 Å². The number of hydrogen-bond donors (Lipinski definition) is 0. The Morgan fingerprint density at radius 2 is 2.29 bits per heavy atom. The lowest BCUT2D eigenvalue weighted by Crippen LogP contribution is -2.16. The minimum atomic E-state index is -0.0903. The van der Waals surface area contributed by atoms with Gasteiger partial charge in [-0.2, -0.15) is 9.61 Å². The standard InChI is InChI=1S/C12H11N3OS/c1-2-14-6-5-12(16)15-11(14)8-9(13-15)10-4-3-7-17-10/h3-8H,2H2,1H3. The third-order valence-corrected chi connectivity index (χ3v) is 3.60. The van der Waals surface area contributed by atoms with Gasteiger partial charge in [-0.15, -0.1) is 11.3 Å². The van der Waals surface area contributed by atoms with Crippen LogP contribution in [0.2, 0.25) is 0 Å². The van der Waals surface area contributed by atoms with Gasteiger partial charge in [-0.05, 0) is 18.4 Å². The van der Waals surface area contributed by atoms with E-state index in [1.807, 2.05) is 35.1 Å². The van der Waals surface area contributed by atoms with Gasteiger partial charge in [-0.1, -0.05) is 6.07 Å². The van der Waals surface area contributed by atoms with Gasteiger partial charge in [0.25, 0.3) is 5.56 Å². The average molecular weight is 245 g/mol. The van der Waals surface area contributed by atoms with E-state index in [-0.39, 0.29) is 5.56 Å². The fourth-order valence-corrected chi connectivity index (χ4v) is 2.53. The van der Waals surface area contributed by atoms with Gasteiger partial charge in [0.05, 0.1) is 4.88 Å². The molecule has 3 heterocycles. The molecule has 0 N–H and O–H groups in total. The Kier molecular flexibility index (Phi) is 2.33. The number of aromatic nitrogens is 3. The Morgan fingerprint density at radius 1 is 1.41 bits per heavy atom. The van der Waals surface area contributed by atoms with Crippen LogP contribution in [0.4, 0.5) is 0 Å². The van der Waals surface area contributed by atoms with Crippen molar-refractivity contribution in [2.24, 2.45) is 0 Å². The van der Waals surface area contributed by atoms with Crippen molar-refractivity contribution in [1.82, 2.24) is 14.2 Å². The molecule has 3 rings (SSSR count). The number of hydrogen-bond acceptors (Lipinski definition) is 3. The van der Waals surface area contributed by atoms with Gasteiger partial charge in [0, 0.05) is 24.9 Å². The first-order valence-electron chi connectivity index (χ1n) is 5.42. The lowest BCUT2D eigenvalue weighted by molar-refractivity contribution is 0.739. The van der Waals surface area contributed by atoms with E-state index in [1.54, 1.807) is 23.6 Å². The maximum Gasteiger partial charge on any atom is 0.274 e. The van der Waals surface area contributed by atoms with Crippen molar-refractivity contribution in [2.45, 2.75) is 13.5 Å². The summed E-state index contributed by atoms with van der Waals surface area (Å²) in [5, 5.41) is 6.36. The van der Waals surface area contributed by atoms with Crippen LogP contribution in [0.5, 0.6) is 0 Å². The number of fused-ring (bicyclic) bond motifs is 1. The minimum Gasteiger partial charge on any atom is -0.333 e. The van der Waals surface area contributed by atoms with Gasteiger partial charge in [0.2, 0.25) is 0 Å². The molecule has 3 aromatic rings. The molecule has 0 aliphatic rings. The molecule has 17 heavy (non-hydrogen) atoms. The summed E-state index contributed by atoms with van der Waals surface area (Å²) >= 11 is 1.62. The molecular formula is C12H11N3OS. The maximum atomic E-state index is 11.7. The summed E-state index contributed by atoms with van der Waals surface area (Å²) in [5.74, 6) is 0. The topological polar surface area (TPSA) is 39.3 Å². The fraction of sp³-hybridized carbons (Fsp3) is 0.167. The Balaban J connectivity index is 2.32. The van der Waals surface area contributed by atoms with Crippen LogP contribution < -0.4 is 5.56 Å². The molecule has 86 valence electrons. The average Bonchev–Trinajstić information content (AvgIpc) is 2.98. The van der Waals surface area contributed by atoms with E-state index < -0.39 is 0 Å². The van der Waals surface area contributed by atoms with Crippen molar-refractivity contribution in [2.75, 3.05) is 0 Å². The first-order chi connectivity index (χ1) is 8.29. The fourth-order valence-electron chi connectivity index (χ4n) is 1.85. The molecule has 0 radical (unpaired) electrons. The second kappa shape index (κ2) is 3.85. The molecule has 0 amide bonds. The molecule has 0 unspecified atom stereocenters. The number of nitrogens with zero attached hydrogens (tertiary/aromatic N) is 3. The highest BCUT2D eigenvalue weighted by molar-refractivity contribution is 7.13. The Labute approximate surface area is 102 Å². The molecule has 0 atom stereocenters. The van der Waals surface area contributed by atoms with Crippen molar-refractivity contribution in [3.05, 3.63) is 46.2 Å². The lowest BCUT2D eigenvalue weighted by atomic mass is 10.3. The van der Waals surface area contributed by atoms with E-state index in [9.17, 15) is 4.79 Å². The molecule has 0 aliphatic heterocycles. The molecule has 0 spiro atoms. The summed E-state index contributed by atoms with van der Waals surface area (Å²) in [6, 6.07) is 7.49. The van der Waals surface area contributed by atoms with Gasteiger partial charge in [-0.3, -0.25) is 4.79 Å². The summed E-state index contributed by atoms with van der Waals surface area (Å²) in [7, 11) is 0. The van der Waals surface area contributed by atoms with Gasteiger partial charge >= 0.3 is 0 Å². The summed E-state index contributed by atoms with van der Waals surface area (Å²) in [4.78, 5) is 12.8. The molecule has 5 heteroatoms. The monoisotopic (exact) mass is 245 g/mol. The van der Waals surface area contributed by atoms with E-state index in [0.717, 1.165) is 22.8 Å². The molecule has 0 saturated carbocycles. The van der Waals surface area contributed by atoms with Crippen LogP contribution in [0, 0.1) is 0 Å². The van der Waals surface area contributed by atoms with Gasteiger partial charge in [-0.25, -0.2) is 0 Å². The van der Waals surface area contributed by atoms with Crippen LogP contribution in [-0.4, -0.2) is 14.2 Å². The number of aryl methyl sites for hydroxylation is 1. The zero-order valence-electron chi connectivity index (χ0n) is 9.33. The maximum absolute atomic E-state index is 11.7. The van der Waals surface area contributed by atoms with Crippen LogP contribution in [-0.2, 0) is 6.54 Å². The number of thiophene rings is 1. The van der Waals surface area contributed by atoms with Crippen molar-refractivity contribution < 1.29 is 0 Å². The van der Waals surface area contributed by atoms with E-state index in [1.165, 1.54) is 4.52 Å².